The third-order valence-electron chi connectivity index (χ3n) is 2.49. The van der Waals surface area contributed by atoms with Crippen LogP contribution in [0.5, 0.6) is 0 Å². The van der Waals surface area contributed by atoms with Gasteiger partial charge in [-0.15, -0.1) is 0 Å². The summed E-state index contributed by atoms with van der Waals surface area (Å²) in [5.74, 6) is -1.19. The van der Waals surface area contributed by atoms with Crippen molar-refractivity contribution in [3.63, 3.8) is 0 Å². The van der Waals surface area contributed by atoms with E-state index in [1.807, 2.05) is 25.1 Å². The fourth-order valence-electron chi connectivity index (χ4n) is 1.69. The molecular weight excluding hydrogens is 246 g/mol. The molecule has 5 heteroatoms. The third-order valence-corrected chi connectivity index (χ3v) is 2.49. The fraction of sp³-hybridized carbons (Fsp3) is 0.286. The van der Waals surface area contributed by atoms with Gasteiger partial charge in [0.25, 0.3) is 0 Å². The van der Waals surface area contributed by atoms with Crippen molar-refractivity contribution >= 4 is 17.6 Å². The summed E-state index contributed by atoms with van der Waals surface area (Å²) in [7, 11) is 0. The number of carbonyl (C=O) groups excluding carboxylic acids is 1. The maximum atomic E-state index is 11.4. The molecule has 1 aromatic carbocycles. The molecule has 0 aliphatic heterocycles. The minimum Gasteiger partial charge on any atom is -0.477 e. The monoisotopic (exact) mass is 263 g/mol. The molecule has 5 nitrogen and oxygen atoms in total. The number of aliphatic carboxylic acids is 1. The zero-order chi connectivity index (χ0) is 14.3. The molecular formula is C14H17NO4. The van der Waals surface area contributed by atoms with Crippen molar-refractivity contribution in [2.45, 2.75) is 20.3 Å². The van der Waals surface area contributed by atoms with Crippen molar-refractivity contribution in [1.82, 2.24) is 5.32 Å². The second-order valence-corrected chi connectivity index (χ2v) is 3.72. The molecule has 0 aliphatic carbocycles. The predicted octanol–water partition coefficient (Wildman–Crippen LogP) is 2.64. The average molecular weight is 263 g/mol. The lowest BCUT2D eigenvalue weighted by atomic mass is 10.0. The van der Waals surface area contributed by atoms with E-state index < -0.39 is 12.1 Å². The molecule has 0 atom stereocenters. The largest absolute Gasteiger partial charge is 0.477 e. The maximum absolute atomic E-state index is 11.4. The summed E-state index contributed by atoms with van der Waals surface area (Å²) in [6, 6.07) is 9.07. The number of hydrogen-bond donors (Lipinski definition) is 2. The minimum atomic E-state index is -1.19. The Morgan fingerprint density at radius 2 is 1.84 bits per heavy atom. The lowest BCUT2D eigenvalue weighted by molar-refractivity contribution is -0.133. The average Bonchev–Trinajstić information content (AvgIpc) is 2.40. The molecule has 0 spiro atoms. The van der Waals surface area contributed by atoms with Crippen LogP contribution >= 0.6 is 0 Å². The van der Waals surface area contributed by atoms with Crippen molar-refractivity contribution < 1.29 is 19.4 Å². The van der Waals surface area contributed by atoms with Gasteiger partial charge < -0.3 is 9.84 Å². The van der Waals surface area contributed by atoms with Crippen LogP contribution in [0.3, 0.4) is 0 Å². The van der Waals surface area contributed by atoms with E-state index in [0.717, 1.165) is 5.56 Å². The van der Waals surface area contributed by atoms with Crippen LogP contribution in [0.15, 0.2) is 36.0 Å². The second-order valence-electron chi connectivity index (χ2n) is 3.72. The number of ether oxygens (including phenoxy) is 1. The summed E-state index contributed by atoms with van der Waals surface area (Å²) in [5.41, 5.74) is 1.17. The van der Waals surface area contributed by atoms with Crippen LogP contribution in [0.2, 0.25) is 0 Å². The van der Waals surface area contributed by atoms with Gasteiger partial charge in [0.1, 0.15) is 5.70 Å². The van der Waals surface area contributed by atoms with E-state index in [1.165, 1.54) is 0 Å². The highest BCUT2D eigenvalue weighted by Gasteiger charge is 2.18. The number of nitrogens with one attached hydrogen (secondary N) is 1. The highest BCUT2D eigenvalue weighted by atomic mass is 16.5. The van der Waals surface area contributed by atoms with Gasteiger partial charge in [0.2, 0.25) is 0 Å². The molecule has 0 unspecified atom stereocenters. The molecule has 0 fully saturated rings. The van der Waals surface area contributed by atoms with E-state index >= 15 is 0 Å². The van der Waals surface area contributed by atoms with E-state index in [0.29, 0.717) is 12.0 Å². The van der Waals surface area contributed by atoms with Crippen molar-refractivity contribution in [2.24, 2.45) is 0 Å². The fourth-order valence-corrected chi connectivity index (χ4v) is 1.69. The first-order valence-electron chi connectivity index (χ1n) is 6.05. The van der Waals surface area contributed by atoms with Crippen LogP contribution in [0.25, 0.3) is 5.57 Å². The molecule has 19 heavy (non-hydrogen) atoms. The van der Waals surface area contributed by atoms with E-state index in [2.05, 4.69) is 5.32 Å². The van der Waals surface area contributed by atoms with Crippen LogP contribution in [-0.4, -0.2) is 23.8 Å². The van der Waals surface area contributed by atoms with Gasteiger partial charge in [-0.3, -0.25) is 5.32 Å². The van der Waals surface area contributed by atoms with Crippen molar-refractivity contribution in [3.8, 4) is 0 Å². The summed E-state index contributed by atoms with van der Waals surface area (Å²) in [5, 5.41) is 11.5. The Bertz CT molecular complexity index is 479. The number of amides is 1. The Hall–Kier alpha value is -2.30. The summed E-state index contributed by atoms with van der Waals surface area (Å²) in [6.45, 7) is 3.67. The highest BCUT2D eigenvalue weighted by Crippen LogP contribution is 2.21. The summed E-state index contributed by atoms with van der Waals surface area (Å²) in [4.78, 5) is 22.7. The molecule has 1 rings (SSSR count). The van der Waals surface area contributed by atoms with E-state index in [-0.39, 0.29) is 12.3 Å². The molecule has 0 radical (unpaired) electrons. The van der Waals surface area contributed by atoms with Crippen LogP contribution < -0.4 is 5.32 Å². The smallest absolute Gasteiger partial charge is 0.411 e. The van der Waals surface area contributed by atoms with Gasteiger partial charge in [-0.1, -0.05) is 37.3 Å². The van der Waals surface area contributed by atoms with Gasteiger partial charge >= 0.3 is 12.1 Å². The lowest BCUT2D eigenvalue weighted by Gasteiger charge is -2.12. The van der Waals surface area contributed by atoms with Gasteiger partial charge in [-0.05, 0) is 24.5 Å². The summed E-state index contributed by atoms with van der Waals surface area (Å²) < 4.78 is 4.71. The first-order valence-corrected chi connectivity index (χ1v) is 6.05. The Labute approximate surface area is 111 Å². The number of benzene rings is 1. The van der Waals surface area contributed by atoms with Crippen molar-refractivity contribution in [2.75, 3.05) is 6.61 Å². The predicted molar refractivity (Wildman–Crippen MR) is 71.4 cm³/mol. The Kier molecular flexibility index (Phi) is 5.60. The molecule has 102 valence electrons. The molecule has 1 aromatic rings. The van der Waals surface area contributed by atoms with Crippen LogP contribution in [0, 0.1) is 0 Å². The van der Waals surface area contributed by atoms with Crippen molar-refractivity contribution in [1.29, 1.82) is 0 Å². The van der Waals surface area contributed by atoms with E-state index in [9.17, 15) is 14.7 Å². The maximum Gasteiger partial charge on any atom is 0.411 e. The lowest BCUT2D eigenvalue weighted by Crippen LogP contribution is -2.29. The van der Waals surface area contributed by atoms with E-state index in [4.69, 9.17) is 4.74 Å². The van der Waals surface area contributed by atoms with Crippen LogP contribution in [0.4, 0.5) is 4.79 Å². The Balaban J connectivity index is 3.14. The number of carbonyl (C=O) groups is 2. The first kappa shape index (κ1) is 14.8. The van der Waals surface area contributed by atoms with Gasteiger partial charge in [0.15, 0.2) is 0 Å². The van der Waals surface area contributed by atoms with Gasteiger partial charge in [0.05, 0.1) is 6.61 Å². The van der Waals surface area contributed by atoms with Crippen LogP contribution in [-0.2, 0) is 9.53 Å². The molecule has 0 heterocycles. The molecule has 1 amide bonds. The number of rotatable bonds is 5. The standard InChI is InChI=1S/C14H17NO4/c1-3-11(10-8-6-5-7-9-10)12(13(16)17)15-14(18)19-4-2/h5-9H,3-4H2,1-2H3,(H,15,18)(H,16,17). The normalized spacial score (nSPS) is 11.5. The van der Waals surface area contributed by atoms with E-state index in [1.54, 1.807) is 19.1 Å². The topological polar surface area (TPSA) is 75.6 Å². The highest BCUT2D eigenvalue weighted by molar-refractivity contribution is 5.99. The van der Waals surface area contributed by atoms with Gasteiger partial charge in [-0.25, -0.2) is 9.59 Å². The third kappa shape index (κ3) is 4.13. The molecule has 0 bridgehead atoms. The first-order chi connectivity index (χ1) is 9.10. The Morgan fingerprint density at radius 3 is 2.32 bits per heavy atom. The van der Waals surface area contributed by atoms with Gasteiger partial charge in [0, 0.05) is 0 Å². The molecule has 0 aliphatic rings. The molecule has 0 saturated heterocycles. The number of allylic oxidation sites excluding steroid dienone is 1. The molecule has 2 N–H and O–H groups in total. The summed E-state index contributed by atoms with van der Waals surface area (Å²) in [6.07, 6.45) is -0.278. The zero-order valence-electron chi connectivity index (χ0n) is 11.0. The Morgan fingerprint density at radius 1 is 1.21 bits per heavy atom. The second kappa shape index (κ2) is 7.20. The number of hydrogen-bond acceptors (Lipinski definition) is 3. The summed E-state index contributed by atoms with van der Waals surface area (Å²) >= 11 is 0. The SMILES string of the molecule is CCOC(=O)NC(C(=O)O)=C(CC)c1ccccc1. The molecule has 0 aromatic heterocycles. The number of alkyl carbamates (subject to hydrolysis) is 1. The zero-order valence-corrected chi connectivity index (χ0v) is 11.0. The van der Waals surface area contributed by atoms with Crippen molar-refractivity contribution in [3.05, 3.63) is 41.6 Å². The quantitative estimate of drug-likeness (QED) is 0.801. The minimum absolute atomic E-state index is 0.146. The molecule has 0 saturated carbocycles. The number of carboxylic acids is 1. The van der Waals surface area contributed by atoms with Crippen LogP contribution in [0.1, 0.15) is 25.8 Å². The number of carboxylic acid groups (broad SMARTS) is 1. The van der Waals surface area contributed by atoms with Gasteiger partial charge in [-0.2, -0.15) is 0 Å².